The van der Waals surface area contributed by atoms with E-state index in [1.807, 2.05) is 0 Å². The number of aliphatic hydroxyl groups excluding tert-OH is 1. The minimum Gasteiger partial charge on any atom is -0.396 e. The Balaban J connectivity index is 2.68. The third-order valence-electron chi connectivity index (χ3n) is 4.12. The second kappa shape index (κ2) is 8.43. The molecule has 0 aliphatic rings. The van der Waals surface area contributed by atoms with E-state index < -0.39 is 0 Å². The Kier molecular flexibility index (Phi) is 7.25. The average Bonchev–Trinajstić information content (AvgIpc) is 2.35. The molecule has 0 bridgehead atoms. The molecule has 1 aromatic rings. The molecule has 0 aliphatic carbocycles. The van der Waals surface area contributed by atoms with Gasteiger partial charge in [0.1, 0.15) is 0 Å². The highest BCUT2D eigenvalue weighted by molar-refractivity contribution is 5.39. The summed E-state index contributed by atoms with van der Waals surface area (Å²) in [7, 11) is 0. The number of hydrogen-bond acceptors (Lipinski definition) is 2. The van der Waals surface area contributed by atoms with Crippen LogP contribution in [-0.2, 0) is 0 Å². The zero-order valence-electron chi connectivity index (χ0n) is 13.8. The molecule has 2 atom stereocenters. The molecule has 2 heteroatoms. The van der Waals surface area contributed by atoms with Crippen molar-refractivity contribution in [2.75, 3.05) is 13.2 Å². The van der Waals surface area contributed by atoms with Crippen molar-refractivity contribution in [3.8, 4) is 0 Å². The second-order valence-electron chi connectivity index (χ2n) is 6.11. The minimum atomic E-state index is 0.295. The zero-order chi connectivity index (χ0) is 15.1. The molecule has 0 saturated heterocycles. The van der Waals surface area contributed by atoms with E-state index >= 15 is 0 Å². The lowest BCUT2D eigenvalue weighted by Crippen LogP contribution is -2.27. The highest BCUT2D eigenvalue weighted by Crippen LogP contribution is 2.23. The van der Waals surface area contributed by atoms with Crippen molar-refractivity contribution in [2.24, 2.45) is 5.92 Å². The summed E-state index contributed by atoms with van der Waals surface area (Å²) in [5, 5.41) is 12.8. The Labute approximate surface area is 124 Å². The van der Waals surface area contributed by atoms with Crippen molar-refractivity contribution in [1.29, 1.82) is 0 Å². The highest BCUT2D eigenvalue weighted by atomic mass is 16.3. The first-order valence-corrected chi connectivity index (χ1v) is 7.91. The van der Waals surface area contributed by atoms with Gasteiger partial charge >= 0.3 is 0 Å². The van der Waals surface area contributed by atoms with Crippen molar-refractivity contribution in [3.63, 3.8) is 0 Å². The summed E-state index contributed by atoms with van der Waals surface area (Å²) < 4.78 is 0. The Morgan fingerprint density at radius 1 is 1.10 bits per heavy atom. The normalized spacial score (nSPS) is 14.3. The standard InChI is InChI=1S/C18H31NO/c1-6-7-17(8-9-20)12-19-16(5)18-14(3)10-13(2)11-15(18)4/h10-11,16-17,19-20H,6-9,12H2,1-5H3. The molecule has 2 nitrogen and oxygen atoms in total. The molecule has 0 heterocycles. The van der Waals surface area contributed by atoms with Crippen LogP contribution in [0, 0.1) is 26.7 Å². The summed E-state index contributed by atoms with van der Waals surface area (Å²) >= 11 is 0. The number of aliphatic hydroxyl groups is 1. The van der Waals surface area contributed by atoms with Crippen LogP contribution in [-0.4, -0.2) is 18.3 Å². The number of nitrogens with one attached hydrogen (secondary N) is 1. The molecule has 2 unspecified atom stereocenters. The maximum absolute atomic E-state index is 9.14. The van der Waals surface area contributed by atoms with Gasteiger partial charge in [-0.05, 0) is 69.7 Å². The maximum Gasteiger partial charge on any atom is 0.0434 e. The third-order valence-corrected chi connectivity index (χ3v) is 4.12. The Morgan fingerprint density at radius 2 is 1.70 bits per heavy atom. The van der Waals surface area contributed by atoms with Gasteiger partial charge in [0, 0.05) is 12.6 Å². The molecule has 0 spiro atoms. The number of rotatable bonds is 8. The topological polar surface area (TPSA) is 32.3 Å². The van der Waals surface area contributed by atoms with Gasteiger partial charge in [-0.25, -0.2) is 0 Å². The fraction of sp³-hybridized carbons (Fsp3) is 0.667. The Bertz CT molecular complexity index is 385. The molecule has 114 valence electrons. The number of hydrogen-bond donors (Lipinski definition) is 2. The first kappa shape index (κ1) is 17.2. The summed E-state index contributed by atoms with van der Waals surface area (Å²) in [4.78, 5) is 0. The zero-order valence-corrected chi connectivity index (χ0v) is 13.8. The largest absolute Gasteiger partial charge is 0.396 e. The van der Waals surface area contributed by atoms with Gasteiger partial charge in [0.05, 0.1) is 0 Å². The first-order chi connectivity index (χ1) is 9.49. The molecular weight excluding hydrogens is 246 g/mol. The van der Waals surface area contributed by atoms with E-state index in [4.69, 9.17) is 5.11 Å². The lowest BCUT2D eigenvalue weighted by Gasteiger charge is -2.23. The van der Waals surface area contributed by atoms with Gasteiger partial charge in [-0.3, -0.25) is 0 Å². The Hall–Kier alpha value is -0.860. The number of benzene rings is 1. The molecule has 2 N–H and O–H groups in total. The second-order valence-corrected chi connectivity index (χ2v) is 6.11. The molecule has 0 aromatic heterocycles. The van der Waals surface area contributed by atoms with Gasteiger partial charge < -0.3 is 10.4 Å². The summed E-state index contributed by atoms with van der Waals surface area (Å²) in [6.45, 7) is 12.3. The molecule has 0 radical (unpaired) electrons. The molecule has 20 heavy (non-hydrogen) atoms. The van der Waals surface area contributed by atoms with E-state index in [1.165, 1.54) is 35.1 Å². The van der Waals surface area contributed by atoms with Gasteiger partial charge in [-0.1, -0.05) is 31.0 Å². The quantitative estimate of drug-likeness (QED) is 0.751. The lowest BCUT2D eigenvalue weighted by atomic mass is 9.94. The van der Waals surface area contributed by atoms with Crippen LogP contribution in [0.2, 0.25) is 0 Å². The fourth-order valence-electron chi connectivity index (χ4n) is 3.26. The molecular formula is C18H31NO. The third kappa shape index (κ3) is 4.92. The van der Waals surface area contributed by atoms with Crippen molar-refractivity contribution in [3.05, 3.63) is 34.4 Å². The van der Waals surface area contributed by atoms with Crippen molar-refractivity contribution in [1.82, 2.24) is 5.32 Å². The molecule has 0 saturated carbocycles. The van der Waals surface area contributed by atoms with Gasteiger partial charge in [0.2, 0.25) is 0 Å². The smallest absolute Gasteiger partial charge is 0.0434 e. The Morgan fingerprint density at radius 3 is 2.20 bits per heavy atom. The van der Waals surface area contributed by atoms with Crippen molar-refractivity contribution < 1.29 is 5.11 Å². The van der Waals surface area contributed by atoms with E-state index in [-0.39, 0.29) is 0 Å². The van der Waals surface area contributed by atoms with E-state index in [2.05, 4.69) is 52.1 Å². The summed E-state index contributed by atoms with van der Waals surface area (Å²) in [6, 6.07) is 4.89. The average molecular weight is 277 g/mol. The van der Waals surface area contributed by atoms with E-state index in [0.29, 0.717) is 18.6 Å². The summed E-state index contributed by atoms with van der Waals surface area (Å²) in [5.41, 5.74) is 5.50. The van der Waals surface area contributed by atoms with Crippen LogP contribution in [0.5, 0.6) is 0 Å². The van der Waals surface area contributed by atoms with Crippen LogP contribution in [0.3, 0.4) is 0 Å². The van der Waals surface area contributed by atoms with Crippen LogP contribution in [0.1, 0.15) is 61.4 Å². The van der Waals surface area contributed by atoms with E-state index in [0.717, 1.165) is 13.0 Å². The van der Waals surface area contributed by atoms with Crippen molar-refractivity contribution in [2.45, 2.75) is 59.9 Å². The van der Waals surface area contributed by atoms with E-state index in [9.17, 15) is 0 Å². The molecule has 0 aliphatic heterocycles. The van der Waals surface area contributed by atoms with Gasteiger partial charge in [0.25, 0.3) is 0 Å². The van der Waals surface area contributed by atoms with Crippen LogP contribution >= 0.6 is 0 Å². The molecule has 0 amide bonds. The SMILES string of the molecule is CCCC(CCO)CNC(C)c1c(C)cc(C)cc1C. The minimum absolute atomic E-state index is 0.295. The molecule has 1 rings (SSSR count). The highest BCUT2D eigenvalue weighted by Gasteiger charge is 2.14. The first-order valence-electron chi connectivity index (χ1n) is 7.91. The van der Waals surface area contributed by atoms with E-state index in [1.54, 1.807) is 0 Å². The van der Waals surface area contributed by atoms with Gasteiger partial charge in [-0.15, -0.1) is 0 Å². The lowest BCUT2D eigenvalue weighted by molar-refractivity contribution is 0.245. The van der Waals surface area contributed by atoms with Gasteiger partial charge in [0.15, 0.2) is 0 Å². The summed E-state index contributed by atoms with van der Waals surface area (Å²) in [5.74, 6) is 0.582. The molecule has 0 fully saturated rings. The summed E-state index contributed by atoms with van der Waals surface area (Å²) in [6.07, 6.45) is 3.27. The van der Waals surface area contributed by atoms with Crippen LogP contribution in [0.15, 0.2) is 12.1 Å². The monoisotopic (exact) mass is 277 g/mol. The fourth-order valence-corrected chi connectivity index (χ4v) is 3.26. The predicted octanol–water partition coefficient (Wildman–Crippen LogP) is 4.06. The maximum atomic E-state index is 9.14. The van der Waals surface area contributed by atoms with Crippen LogP contribution < -0.4 is 5.32 Å². The van der Waals surface area contributed by atoms with Crippen molar-refractivity contribution >= 4 is 0 Å². The van der Waals surface area contributed by atoms with Crippen LogP contribution in [0.4, 0.5) is 0 Å². The van der Waals surface area contributed by atoms with Gasteiger partial charge in [-0.2, -0.15) is 0 Å². The van der Waals surface area contributed by atoms with Crippen LogP contribution in [0.25, 0.3) is 0 Å². The number of aryl methyl sites for hydroxylation is 3. The predicted molar refractivity (Wildman–Crippen MR) is 87.2 cm³/mol. The molecule has 1 aromatic carbocycles.